The minimum atomic E-state index is 0.446. The first kappa shape index (κ1) is 11.0. The summed E-state index contributed by atoms with van der Waals surface area (Å²) in [5.74, 6) is 0.446. The summed E-state index contributed by atoms with van der Waals surface area (Å²) in [5, 5.41) is 12.9. The van der Waals surface area contributed by atoms with Crippen LogP contribution in [0.3, 0.4) is 0 Å². The van der Waals surface area contributed by atoms with Crippen molar-refractivity contribution in [2.75, 3.05) is 13.6 Å². The smallest absolute Gasteiger partial charge is 0.0929 e. The van der Waals surface area contributed by atoms with Gasteiger partial charge in [0, 0.05) is 17.8 Å². The summed E-state index contributed by atoms with van der Waals surface area (Å²) < 4.78 is 0. The predicted molar refractivity (Wildman–Crippen MR) is 66.5 cm³/mol. The first-order chi connectivity index (χ1) is 7.85. The van der Waals surface area contributed by atoms with Gasteiger partial charge in [0.15, 0.2) is 0 Å². The highest BCUT2D eigenvalue weighted by Gasteiger charge is 2.10. The lowest BCUT2D eigenvalue weighted by Crippen LogP contribution is -2.17. The van der Waals surface area contributed by atoms with Crippen LogP contribution in [0.1, 0.15) is 25.0 Å². The summed E-state index contributed by atoms with van der Waals surface area (Å²) in [5.41, 5.74) is 2.04. The van der Waals surface area contributed by atoms with Crippen molar-refractivity contribution >= 4 is 10.9 Å². The van der Waals surface area contributed by atoms with Gasteiger partial charge in [-0.15, -0.1) is 0 Å². The van der Waals surface area contributed by atoms with Gasteiger partial charge in [-0.25, -0.2) is 0 Å². The van der Waals surface area contributed by atoms with Crippen LogP contribution in [0.25, 0.3) is 10.9 Å². The van der Waals surface area contributed by atoms with Gasteiger partial charge in [-0.05, 0) is 25.6 Å². The SMILES string of the molecule is CCC(CNC)c1cc2ccccc2nn1. The van der Waals surface area contributed by atoms with E-state index in [9.17, 15) is 0 Å². The molecule has 0 aliphatic rings. The van der Waals surface area contributed by atoms with E-state index in [1.807, 2.05) is 25.2 Å². The highest BCUT2D eigenvalue weighted by atomic mass is 15.1. The molecule has 0 aliphatic heterocycles. The third-order valence-corrected chi connectivity index (χ3v) is 2.87. The average Bonchev–Trinajstić information content (AvgIpc) is 2.35. The number of benzene rings is 1. The van der Waals surface area contributed by atoms with Crippen molar-refractivity contribution in [1.82, 2.24) is 15.5 Å². The Labute approximate surface area is 95.9 Å². The molecule has 0 saturated carbocycles. The normalized spacial score (nSPS) is 12.9. The van der Waals surface area contributed by atoms with Gasteiger partial charge < -0.3 is 5.32 Å². The molecule has 0 fully saturated rings. The fourth-order valence-electron chi connectivity index (χ4n) is 1.90. The summed E-state index contributed by atoms with van der Waals surface area (Å²) in [7, 11) is 1.97. The fourth-order valence-corrected chi connectivity index (χ4v) is 1.90. The molecule has 1 N–H and O–H groups in total. The van der Waals surface area contributed by atoms with Crippen LogP contribution in [0.2, 0.25) is 0 Å². The first-order valence-electron chi connectivity index (χ1n) is 5.72. The lowest BCUT2D eigenvalue weighted by molar-refractivity contribution is 0.591. The maximum absolute atomic E-state index is 4.31. The highest BCUT2D eigenvalue weighted by Crippen LogP contribution is 2.19. The molecule has 0 spiro atoms. The van der Waals surface area contributed by atoms with Crippen LogP contribution < -0.4 is 5.32 Å². The molecule has 0 aliphatic carbocycles. The van der Waals surface area contributed by atoms with Crippen molar-refractivity contribution in [3.63, 3.8) is 0 Å². The van der Waals surface area contributed by atoms with Gasteiger partial charge in [-0.3, -0.25) is 0 Å². The number of likely N-dealkylation sites (N-methyl/N-ethyl adjacent to an activating group) is 1. The van der Waals surface area contributed by atoms with E-state index >= 15 is 0 Å². The third-order valence-electron chi connectivity index (χ3n) is 2.87. The molecule has 2 rings (SSSR count). The van der Waals surface area contributed by atoms with E-state index in [0.717, 1.165) is 24.2 Å². The molecule has 84 valence electrons. The van der Waals surface area contributed by atoms with Gasteiger partial charge in [0.05, 0.1) is 11.2 Å². The molecular formula is C13H17N3. The number of fused-ring (bicyclic) bond motifs is 1. The first-order valence-corrected chi connectivity index (χ1v) is 5.72. The number of nitrogens with one attached hydrogen (secondary N) is 1. The minimum Gasteiger partial charge on any atom is -0.319 e. The molecule has 3 nitrogen and oxygen atoms in total. The Morgan fingerprint density at radius 1 is 1.25 bits per heavy atom. The molecule has 1 atom stereocenters. The van der Waals surface area contributed by atoms with Crippen molar-refractivity contribution in [1.29, 1.82) is 0 Å². The molecule has 2 aromatic rings. The molecule has 3 heteroatoms. The Hall–Kier alpha value is -1.48. The zero-order chi connectivity index (χ0) is 11.4. The third kappa shape index (κ3) is 2.19. The Balaban J connectivity index is 2.37. The van der Waals surface area contributed by atoms with E-state index in [4.69, 9.17) is 0 Å². The monoisotopic (exact) mass is 215 g/mol. The lowest BCUT2D eigenvalue weighted by Gasteiger charge is -2.13. The fraction of sp³-hybridized carbons (Fsp3) is 0.385. The Morgan fingerprint density at radius 3 is 2.81 bits per heavy atom. The highest BCUT2D eigenvalue weighted by molar-refractivity contribution is 5.77. The molecule has 0 bridgehead atoms. The van der Waals surface area contributed by atoms with Gasteiger partial charge in [0.25, 0.3) is 0 Å². The maximum Gasteiger partial charge on any atom is 0.0929 e. The van der Waals surface area contributed by atoms with Crippen LogP contribution in [0.15, 0.2) is 30.3 Å². The number of rotatable bonds is 4. The van der Waals surface area contributed by atoms with Crippen molar-refractivity contribution in [3.05, 3.63) is 36.0 Å². The maximum atomic E-state index is 4.31. The summed E-state index contributed by atoms with van der Waals surface area (Å²) in [4.78, 5) is 0. The van der Waals surface area contributed by atoms with Gasteiger partial charge >= 0.3 is 0 Å². The van der Waals surface area contributed by atoms with Crippen molar-refractivity contribution < 1.29 is 0 Å². The molecule has 1 heterocycles. The molecule has 1 aromatic carbocycles. The quantitative estimate of drug-likeness (QED) is 0.850. The second kappa shape index (κ2) is 5.03. The number of nitrogens with zero attached hydrogens (tertiary/aromatic N) is 2. The topological polar surface area (TPSA) is 37.8 Å². The zero-order valence-electron chi connectivity index (χ0n) is 9.77. The molecule has 1 aromatic heterocycles. The summed E-state index contributed by atoms with van der Waals surface area (Å²) in [6.45, 7) is 3.13. The van der Waals surface area contributed by atoms with E-state index in [2.05, 4.69) is 34.6 Å². The minimum absolute atomic E-state index is 0.446. The molecule has 1 unspecified atom stereocenters. The molecule has 16 heavy (non-hydrogen) atoms. The molecule has 0 radical (unpaired) electrons. The standard InChI is InChI=1S/C13H17N3/c1-3-10(9-14-2)13-8-11-6-4-5-7-12(11)15-16-13/h4-8,10,14H,3,9H2,1-2H3. The van der Waals surface area contributed by atoms with Crippen LogP contribution in [-0.2, 0) is 0 Å². The van der Waals surface area contributed by atoms with E-state index in [0.29, 0.717) is 5.92 Å². The molecule has 0 amide bonds. The Morgan fingerprint density at radius 2 is 2.06 bits per heavy atom. The number of aromatic nitrogens is 2. The number of hydrogen-bond acceptors (Lipinski definition) is 3. The van der Waals surface area contributed by atoms with Gasteiger partial charge in [0.1, 0.15) is 0 Å². The van der Waals surface area contributed by atoms with Gasteiger partial charge in [-0.1, -0.05) is 25.1 Å². The summed E-state index contributed by atoms with van der Waals surface area (Å²) >= 11 is 0. The number of hydrogen-bond donors (Lipinski definition) is 1. The van der Waals surface area contributed by atoms with Crippen molar-refractivity contribution in [3.8, 4) is 0 Å². The predicted octanol–water partition coefficient (Wildman–Crippen LogP) is 2.34. The second-order valence-corrected chi connectivity index (χ2v) is 3.99. The van der Waals surface area contributed by atoms with E-state index in [-0.39, 0.29) is 0 Å². The van der Waals surface area contributed by atoms with Gasteiger partial charge in [0.2, 0.25) is 0 Å². The van der Waals surface area contributed by atoms with Crippen LogP contribution in [-0.4, -0.2) is 23.8 Å². The van der Waals surface area contributed by atoms with Crippen LogP contribution in [0.5, 0.6) is 0 Å². The zero-order valence-corrected chi connectivity index (χ0v) is 9.77. The van der Waals surface area contributed by atoms with Gasteiger partial charge in [-0.2, -0.15) is 10.2 Å². The second-order valence-electron chi connectivity index (χ2n) is 3.99. The van der Waals surface area contributed by atoms with E-state index in [1.54, 1.807) is 0 Å². The largest absolute Gasteiger partial charge is 0.319 e. The van der Waals surface area contributed by atoms with Crippen LogP contribution in [0, 0.1) is 0 Å². The Kier molecular flexibility index (Phi) is 3.47. The van der Waals surface area contributed by atoms with Crippen LogP contribution >= 0.6 is 0 Å². The van der Waals surface area contributed by atoms with Crippen molar-refractivity contribution in [2.24, 2.45) is 0 Å². The van der Waals surface area contributed by atoms with Crippen LogP contribution in [0.4, 0.5) is 0 Å². The summed E-state index contributed by atoms with van der Waals surface area (Å²) in [6.07, 6.45) is 1.08. The Bertz CT molecular complexity index is 467. The van der Waals surface area contributed by atoms with E-state index in [1.165, 1.54) is 5.39 Å². The molecular weight excluding hydrogens is 198 g/mol. The lowest BCUT2D eigenvalue weighted by atomic mass is 10.0. The molecule has 0 saturated heterocycles. The average molecular weight is 215 g/mol. The van der Waals surface area contributed by atoms with Crippen molar-refractivity contribution in [2.45, 2.75) is 19.3 Å². The van der Waals surface area contributed by atoms with E-state index < -0.39 is 0 Å². The summed E-state index contributed by atoms with van der Waals surface area (Å²) in [6, 6.07) is 10.2.